The van der Waals surface area contributed by atoms with Crippen LogP contribution in [0.4, 0.5) is 10.1 Å². The molecule has 1 aliphatic carbocycles. The molecule has 2 rings (SSSR count). The summed E-state index contributed by atoms with van der Waals surface area (Å²) in [6.45, 7) is 0.739. The summed E-state index contributed by atoms with van der Waals surface area (Å²) < 4.78 is 18.1. The first-order valence-electron chi connectivity index (χ1n) is 5.63. The monoisotopic (exact) mass is 234 g/mol. The molecule has 0 unspecified atom stereocenters. The summed E-state index contributed by atoms with van der Waals surface area (Å²) >= 11 is 0. The van der Waals surface area contributed by atoms with E-state index in [4.69, 9.17) is 10.00 Å². The number of nitrogens with zero attached hydrogens (tertiary/aromatic N) is 1. The van der Waals surface area contributed by atoms with Crippen LogP contribution in [-0.2, 0) is 0 Å². The molecule has 1 N–H and O–H groups in total. The van der Waals surface area contributed by atoms with Crippen LogP contribution in [0.1, 0.15) is 19.3 Å². The van der Waals surface area contributed by atoms with Crippen LogP contribution in [0.2, 0.25) is 0 Å². The summed E-state index contributed by atoms with van der Waals surface area (Å²) in [6.07, 6.45) is 2.73. The summed E-state index contributed by atoms with van der Waals surface area (Å²) in [7, 11) is 1.52. The van der Waals surface area contributed by atoms with Crippen molar-refractivity contribution in [3.63, 3.8) is 0 Å². The molecule has 0 heterocycles. The van der Waals surface area contributed by atoms with E-state index < -0.39 is 0 Å². The van der Waals surface area contributed by atoms with Gasteiger partial charge in [-0.05, 0) is 25.0 Å². The maximum Gasteiger partial charge on any atom is 0.144 e. The van der Waals surface area contributed by atoms with Crippen LogP contribution in [0.5, 0.6) is 5.75 Å². The molecule has 0 amide bonds. The Balaban J connectivity index is 2.02. The first-order valence-corrected chi connectivity index (χ1v) is 5.63. The van der Waals surface area contributed by atoms with E-state index in [1.165, 1.54) is 19.2 Å². The van der Waals surface area contributed by atoms with Crippen molar-refractivity contribution in [3.05, 3.63) is 24.0 Å². The Labute approximate surface area is 100 Å². The molecule has 0 radical (unpaired) electrons. The molecule has 1 fully saturated rings. The first kappa shape index (κ1) is 11.7. The number of nitrogens with one attached hydrogen (secondary N) is 1. The molecule has 1 saturated carbocycles. The lowest BCUT2D eigenvalue weighted by Crippen LogP contribution is -2.15. The average Bonchev–Trinajstić information content (AvgIpc) is 3.08. The molecule has 0 bridgehead atoms. The Kier molecular flexibility index (Phi) is 3.19. The Bertz CT molecular complexity index is 449. The second kappa shape index (κ2) is 4.62. The number of nitriles is 1. The van der Waals surface area contributed by atoms with Gasteiger partial charge in [-0.1, -0.05) is 0 Å². The molecule has 1 aromatic rings. The van der Waals surface area contributed by atoms with Gasteiger partial charge >= 0.3 is 0 Å². The van der Waals surface area contributed by atoms with Crippen molar-refractivity contribution in [1.82, 2.24) is 0 Å². The number of benzene rings is 1. The van der Waals surface area contributed by atoms with E-state index >= 15 is 0 Å². The number of hydrogen-bond acceptors (Lipinski definition) is 3. The van der Waals surface area contributed by atoms with Crippen molar-refractivity contribution in [1.29, 1.82) is 5.26 Å². The highest BCUT2D eigenvalue weighted by atomic mass is 19.1. The average molecular weight is 234 g/mol. The van der Waals surface area contributed by atoms with Gasteiger partial charge in [0.05, 0.1) is 18.9 Å². The molecular formula is C13H15FN2O. The van der Waals surface area contributed by atoms with Crippen LogP contribution in [-0.4, -0.2) is 13.7 Å². The fourth-order valence-corrected chi connectivity index (χ4v) is 1.85. The minimum Gasteiger partial charge on any atom is -0.494 e. The second-order valence-corrected chi connectivity index (χ2v) is 4.53. The van der Waals surface area contributed by atoms with E-state index in [0.29, 0.717) is 12.2 Å². The minimum absolute atomic E-state index is 0.119. The van der Waals surface area contributed by atoms with E-state index in [1.54, 1.807) is 6.07 Å². The first-order chi connectivity index (χ1) is 8.19. The Hall–Kier alpha value is -1.76. The third-order valence-corrected chi connectivity index (χ3v) is 3.23. The number of hydrogen-bond donors (Lipinski definition) is 1. The van der Waals surface area contributed by atoms with E-state index in [2.05, 4.69) is 11.4 Å². The van der Waals surface area contributed by atoms with Gasteiger partial charge in [0.25, 0.3) is 0 Å². The van der Waals surface area contributed by atoms with Gasteiger partial charge in [-0.3, -0.25) is 0 Å². The van der Waals surface area contributed by atoms with Gasteiger partial charge in [0.2, 0.25) is 0 Å². The molecule has 0 atom stereocenters. The lowest BCUT2D eigenvalue weighted by atomic mass is 10.0. The molecule has 0 spiro atoms. The van der Waals surface area contributed by atoms with E-state index in [0.717, 1.165) is 25.1 Å². The highest BCUT2D eigenvalue weighted by molar-refractivity contribution is 5.56. The van der Waals surface area contributed by atoms with Crippen LogP contribution in [0.3, 0.4) is 0 Å². The SMILES string of the molecule is COc1cc(F)ccc1NCC1(CC#N)CC1. The molecular weight excluding hydrogens is 219 g/mol. The molecule has 1 aliphatic rings. The molecule has 3 nitrogen and oxygen atoms in total. The van der Waals surface area contributed by atoms with Gasteiger partial charge in [0.1, 0.15) is 11.6 Å². The second-order valence-electron chi connectivity index (χ2n) is 4.53. The van der Waals surface area contributed by atoms with E-state index in [-0.39, 0.29) is 11.2 Å². The smallest absolute Gasteiger partial charge is 0.144 e. The topological polar surface area (TPSA) is 45.0 Å². The summed E-state index contributed by atoms with van der Waals surface area (Å²) in [5, 5.41) is 12.0. The predicted molar refractivity (Wildman–Crippen MR) is 63.3 cm³/mol. The van der Waals surface area contributed by atoms with Crippen LogP contribution in [0, 0.1) is 22.6 Å². The van der Waals surface area contributed by atoms with Crippen molar-refractivity contribution in [3.8, 4) is 11.8 Å². The molecule has 0 saturated heterocycles. The molecule has 0 aromatic heterocycles. The largest absolute Gasteiger partial charge is 0.494 e. The summed E-state index contributed by atoms with van der Waals surface area (Å²) in [5.41, 5.74) is 0.895. The molecule has 90 valence electrons. The van der Waals surface area contributed by atoms with Gasteiger partial charge in [-0.25, -0.2) is 4.39 Å². The quantitative estimate of drug-likeness (QED) is 0.851. The summed E-state index contributed by atoms with van der Waals surface area (Å²) in [4.78, 5) is 0. The van der Waals surface area contributed by atoms with Gasteiger partial charge in [0.15, 0.2) is 0 Å². The fourth-order valence-electron chi connectivity index (χ4n) is 1.85. The predicted octanol–water partition coefficient (Wildman–Crippen LogP) is 2.94. The van der Waals surface area contributed by atoms with Crippen LogP contribution in [0.25, 0.3) is 0 Å². The lowest BCUT2D eigenvalue weighted by Gasteiger charge is -2.15. The molecule has 4 heteroatoms. The van der Waals surface area contributed by atoms with Crippen LogP contribution >= 0.6 is 0 Å². The fraction of sp³-hybridized carbons (Fsp3) is 0.462. The Morgan fingerprint density at radius 1 is 1.53 bits per heavy atom. The number of ether oxygens (including phenoxy) is 1. The van der Waals surface area contributed by atoms with Gasteiger partial charge in [-0.15, -0.1) is 0 Å². The minimum atomic E-state index is -0.314. The van der Waals surface area contributed by atoms with Crippen LogP contribution < -0.4 is 10.1 Å². The van der Waals surface area contributed by atoms with E-state index in [1.807, 2.05) is 0 Å². The number of rotatable bonds is 5. The van der Waals surface area contributed by atoms with Gasteiger partial charge in [-0.2, -0.15) is 5.26 Å². The van der Waals surface area contributed by atoms with Crippen molar-refractivity contribution in [2.24, 2.45) is 5.41 Å². The third-order valence-electron chi connectivity index (χ3n) is 3.23. The summed E-state index contributed by atoms with van der Waals surface area (Å²) in [5.74, 6) is 0.184. The molecule has 1 aromatic carbocycles. The normalized spacial score (nSPS) is 16.1. The lowest BCUT2D eigenvalue weighted by molar-refractivity contribution is 0.412. The Morgan fingerprint density at radius 3 is 2.88 bits per heavy atom. The summed E-state index contributed by atoms with van der Waals surface area (Å²) in [6, 6.07) is 6.63. The number of anilines is 1. The zero-order valence-electron chi connectivity index (χ0n) is 9.79. The highest BCUT2D eigenvalue weighted by Crippen LogP contribution is 2.48. The number of methoxy groups -OCH3 is 1. The molecule has 0 aliphatic heterocycles. The Morgan fingerprint density at radius 2 is 2.29 bits per heavy atom. The zero-order chi connectivity index (χ0) is 12.3. The van der Waals surface area contributed by atoms with Gasteiger partial charge in [0, 0.05) is 24.4 Å². The zero-order valence-corrected chi connectivity index (χ0v) is 9.79. The maximum absolute atomic E-state index is 13.0. The van der Waals surface area contributed by atoms with Gasteiger partial charge < -0.3 is 10.1 Å². The van der Waals surface area contributed by atoms with Crippen molar-refractivity contribution in [2.75, 3.05) is 19.0 Å². The van der Waals surface area contributed by atoms with Crippen molar-refractivity contribution in [2.45, 2.75) is 19.3 Å². The van der Waals surface area contributed by atoms with Crippen molar-refractivity contribution < 1.29 is 9.13 Å². The number of halogens is 1. The van der Waals surface area contributed by atoms with Crippen molar-refractivity contribution >= 4 is 5.69 Å². The van der Waals surface area contributed by atoms with E-state index in [9.17, 15) is 4.39 Å². The van der Waals surface area contributed by atoms with Crippen LogP contribution in [0.15, 0.2) is 18.2 Å². The standard InChI is InChI=1S/C13H15FN2O/c1-17-12-8-10(14)2-3-11(12)16-9-13(4-5-13)6-7-15/h2-3,8,16H,4-6,9H2,1H3. The highest BCUT2D eigenvalue weighted by Gasteiger charge is 2.42. The molecule has 17 heavy (non-hydrogen) atoms. The third kappa shape index (κ3) is 2.68. The maximum atomic E-state index is 13.0.